The Bertz CT molecular complexity index is 289. The normalized spacial score (nSPS) is 17.4. The van der Waals surface area contributed by atoms with Gasteiger partial charge in [0, 0.05) is 6.04 Å². The summed E-state index contributed by atoms with van der Waals surface area (Å²) >= 11 is 0. The molecule has 3 N–H and O–H groups in total. The molecule has 1 aromatic rings. The summed E-state index contributed by atoms with van der Waals surface area (Å²) in [5.74, 6) is 0.491. The Morgan fingerprint density at radius 3 is 3.23 bits per heavy atom. The SMILES string of the molecule is NC(=NCc1cocn1)NC1CC1. The summed E-state index contributed by atoms with van der Waals surface area (Å²) in [6.07, 6.45) is 5.34. The Kier molecular flexibility index (Phi) is 2.16. The van der Waals surface area contributed by atoms with Gasteiger partial charge in [-0.25, -0.2) is 9.98 Å². The van der Waals surface area contributed by atoms with Crippen LogP contribution < -0.4 is 11.1 Å². The number of aromatic nitrogens is 1. The molecule has 0 amide bonds. The zero-order valence-corrected chi connectivity index (χ0v) is 7.23. The zero-order valence-electron chi connectivity index (χ0n) is 7.23. The second kappa shape index (κ2) is 3.47. The lowest BCUT2D eigenvalue weighted by atomic mass is 10.5. The first-order valence-electron chi connectivity index (χ1n) is 4.28. The monoisotopic (exact) mass is 180 g/mol. The van der Waals surface area contributed by atoms with Crippen LogP contribution in [0.3, 0.4) is 0 Å². The zero-order chi connectivity index (χ0) is 9.10. The van der Waals surface area contributed by atoms with Gasteiger partial charge in [-0.15, -0.1) is 0 Å². The van der Waals surface area contributed by atoms with E-state index in [9.17, 15) is 0 Å². The van der Waals surface area contributed by atoms with Crippen molar-refractivity contribution in [2.24, 2.45) is 10.7 Å². The van der Waals surface area contributed by atoms with Crippen LogP contribution in [0.25, 0.3) is 0 Å². The summed E-state index contributed by atoms with van der Waals surface area (Å²) in [6.45, 7) is 0.474. The van der Waals surface area contributed by atoms with Crippen LogP contribution in [0.5, 0.6) is 0 Å². The number of nitrogens with one attached hydrogen (secondary N) is 1. The number of aliphatic imine (C=N–C) groups is 1. The van der Waals surface area contributed by atoms with Crippen LogP contribution in [0.1, 0.15) is 18.5 Å². The van der Waals surface area contributed by atoms with Gasteiger partial charge in [0.15, 0.2) is 12.4 Å². The Morgan fingerprint density at radius 2 is 2.62 bits per heavy atom. The standard InChI is InChI=1S/C8H12N4O/c9-8(12-6-1-2-6)10-3-7-4-13-5-11-7/h4-6H,1-3H2,(H3,9,10,12). The number of nitrogens with two attached hydrogens (primary N) is 1. The van der Waals surface area contributed by atoms with Crippen molar-refractivity contribution in [3.63, 3.8) is 0 Å². The van der Waals surface area contributed by atoms with Gasteiger partial charge < -0.3 is 15.5 Å². The molecule has 1 saturated carbocycles. The van der Waals surface area contributed by atoms with E-state index in [0.29, 0.717) is 18.5 Å². The predicted molar refractivity (Wildman–Crippen MR) is 48.0 cm³/mol. The molecule has 0 aromatic carbocycles. The summed E-state index contributed by atoms with van der Waals surface area (Å²) < 4.78 is 4.80. The van der Waals surface area contributed by atoms with Gasteiger partial charge >= 0.3 is 0 Å². The van der Waals surface area contributed by atoms with E-state index >= 15 is 0 Å². The van der Waals surface area contributed by atoms with E-state index in [-0.39, 0.29) is 0 Å². The molecule has 0 saturated heterocycles. The van der Waals surface area contributed by atoms with Crippen molar-refractivity contribution >= 4 is 5.96 Å². The highest BCUT2D eigenvalue weighted by atomic mass is 16.3. The molecule has 0 aliphatic heterocycles. The van der Waals surface area contributed by atoms with Gasteiger partial charge in [-0.05, 0) is 12.8 Å². The fourth-order valence-electron chi connectivity index (χ4n) is 0.964. The first kappa shape index (κ1) is 8.10. The van der Waals surface area contributed by atoms with Crippen molar-refractivity contribution in [2.45, 2.75) is 25.4 Å². The number of rotatable bonds is 3. The molecule has 2 rings (SSSR count). The van der Waals surface area contributed by atoms with Crippen LogP contribution >= 0.6 is 0 Å². The lowest BCUT2D eigenvalue weighted by molar-refractivity contribution is 0.556. The van der Waals surface area contributed by atoms with Gasteiger partial charge in [0.2, 0.25) is 0 Å². The third-order valence-corrected chi connectivity index (χ3v) is 1.82. The molecule has 1 heterocycles. The minimum atomic E-state index is 0.474. The summed E-state index contributed by atoms with van der Waals surface area (Å²) in [4.78, 5) is 8.03. The van der Waals surface area contributed by atoms with E-state index in [0.717, 1.165) is 5.69 Å². The lowest BCUT2D eigenvalue weighted by Gasteiger charge is -2.00. The van der Waals surface area contributed by atoms with Gasteiger partial charge in [0.1, 0.15) is 12.0 Å². The highest BCUT2D eigenvalue weighted by Gasteiger charge is 2.21. The van der Waals surface area contributed by atoms with Crippen LogP contribution in [-0.4, -0.2) is 17.0 Å². The number of oxazole rings is 1. The number of hydrogen-bond acceptors (Lipinski definition) is 3. The second-order valence-electron chi connectivity index (χ2n) is 3.10. The molecule has 0 unspecified atom stereocenters. The molecular weight excluding hydrogens is 168 g/mol. The Hall–Kier alpha value is -1.52. The average Bonchev–Trinajstić information content (AvgIpc) is 2.78. The molecule has 1 aromatic heterocycles. The van der Waals surface area contributed by atoms with E-state index < -0.39 is 0 Å². The van der Waals surface area contributed by atoms with Crippen LogP contribution in [0.15, 0.2) is 22.1 Å². The fraction of sp³-hybridized carbons (Fsp3) is 0.500. The molecular formula is C8H12N4O. The van der Waals surface area contributed by atoms with E-state index in [1.165, 1.54) is 19.2 Å². The highest BCUT2D eigenvalue weighted by Crippen LogP contribution is 2.17. The first-order valence-corrected chi connectivity index (χ1v) is 4.28. The minimum absolute atomic E-state index is 0.474. The molecule has 70 valence electrons. The van der Waals surface area contributed by atoms with Crippen molar-refractivity contribution in [2.75, 3.05) is 0 Å². The van der Waals surface area contributed by atoms with E-state index in [1.54, 1.807) is 6.26 Å². The van der Waals surface area contributed by atoms with Crippen molar-refractivity contribution in [1.82, 2.24) is 10.3 Å². The largest absolute Gasteiger partial charge is 0.451 e. The topological polar surface area (TPSA) is 76.4 Å². The highest BCUT2D eigenvalue weighted by molar-refractivity contribution is 5.78. The number of nitrogens with zero attached hydrogens (tertiary/aromatic N) is 2. The maximum absolute atomic E-state index is 5.61. The quantitative estimate of drug-likeness (QED) is 0.516. The average molecular weight is 180 g/mol. The molecule has 1 aliphatic rings. The third-order valence-electron chi connectivity index (χ3n) is 1.82. The Morgan fingerprint density at radius 1 is 1.77 bits per heavy atom. The van der Waals surface area contributed by atoms with Gasteiger partial charge in [0.25, 0.3) is 0 Å². The van der Waals surface area contributed by atoms with Crippen molar-refractivity contribution in [3.05, 3.63) is 18.4 Å². The Balaban J connectivity index is 1.81. The van der Waals surface area contributed by atoms with E-state index in [4.69, 9.17) is 10.2 Å². The molecule has 0 spiro atoms. The lowest BCUT2D eigenvalue weighted by Crippen LogP contribution is -2.33. The second-order valence-corrected chi connectivity index (χ2v) is 3.10. The number of guanidine groups is 1. The molecule has 0 radical (unpaired) electrons. The van der Waals surface area contributed by atoms with Crippen molar-refractivity contribution in [3.8, 4) is 0 Å². The predicted octanol–water partition coefficient (Wildman–Crippen LogP) is 0.241. The summed E-state index contributed by atoms with van der Waals surface area (Å²) in [5, 5.41) is 3.09. The van der Waals surface area contributed by atoms with Crippen LogP contribution in [0, 0.1) is 0 Å². The van der Waals surface area contributed by atoms with Gasteiger partial charge in [-0.3, -0.25) is 0 Å². The molecule has 1 fully saturated rings. The van der Waals surface area contributed by atoms with Crippen LogP contribution in [-0.2, 0) is 6.54 Å². The van der Waals surface area contributed by atoms with E-state index in [2.05, 4.69) is 15.3 Å². The number of hydrogen-bond donors (Lipinski definition) is 2. The molecule has 1 aliphatic carbocycles. The van der Waals surface area contributed by atoms with Gasteiger partial charge in [-0.1, -0.05) is 0 Å². The van der Waals surface area contributed by atoms with Crippen LogP contribution in [0.2, 0.25) is 0 Å². The minimum Gasteiger partial charge on any atom is -0.451 e. The maximum Gasteiger partial charge on any atom is 0.189 e. The van der Waals surface area contributed by atoms with E-state index in [1.807, 2.05) is 0 Å². The molecule has 13 heavy (non-hydrogen) atoms. The Labute approximate surface area is 76.0 Å². The summed E-state index contributed by atoms with van der Waals surface area (Å²) in [6, 6.07) is 0.543. The van der Waals surface area contributed by atoms with Crippen LogP contribution in [0.4, 0.5) is 0 Å². The maximum atomic E-state index is 5.61. The van der Waals surface area contributed by atoms with Gasteiger partial charge in [-0.2, -0.15) is 0 Å². The molecule has 0 atom stereocenters. The van der Waals surface area contributed by atoms with Gasteiger partial charge in [0.05, 0.1) is 6.54 Å². The molecule has 5 heteroatoms. The summed E-state index contributed by atoms with van der Waals surface area (Å²) in [7, 11) is 0. The van der Waals surface area contributed by atoms with Crippen molar-refractivity contribution < 1.29 is 4.42 Å². The smallest absolute Gasteiger partial charge is 0.189 e. The fourth-order valence-corrected chi connectivity index (χ4v) is 0.964. The first-order chi connectivity index (χ1) is 6.34. The molecule has 0 bridgehead atoms. The molecule has 5 nitrogen and oxygen atoms in total. The summed E-state index contributed by atoms with van der Waals surface area (Å²) in [5.41, 5.74) is 6.40. The van der Waals surface area contributed by atoms with Crippen molar-refractivity contribution in [1.29, 1.82) is 0 Å². The third kappa shape index (κ3) is 2.47.